The first-order chi connectivity index (χ1) is 34.9. The first-order valence-corrected chi connectivity index (χ1v) is 22.5. The van der Waals surface area contributed by atoms with E-state index in [0.717, 1.165) is 21.6 Å². The van der Waals surface area contributed by atoms with Crippen LogP contribution in [0.15, 0.2) is 170 Å². The number of phenolic OH excluding ortho intramolecular Hbond substituents is 1. The molecule has 4 amide bonds. The highest BCUT2D eigenvalue weighted by atomic mass is 16.6. The van der Waals surface area contributed by atoms with E-state index in [0.29, 0.717) is 34.4 Å². The molecule has 0 spiro atoms. The highest BCUT2D eigenvalue weighted by Crippen LogP contribution is 2.26. The van der Waals surface area contributed by atoms with Crippen molar-refractivity contribution < 1.29 is 72.6 Å². The normalized spacial score (nSPS) is 15.7. The standard InChI is InChI=1S/C17H15NO3.C11H12O5.C11H10O4.C10H7NO2.C7H8O/c1-12-7-9-14(10-8-12)21-15-11-16(19)18(17(15)20)13-5-3-2-4-6-13;1-7-2-4-8(5-3-7)16-9(11(14)15)6-10(12)13;1-7-2-4-8(5-3-7)14-9-6-10(12)15-11(9)13;12-9-6-7-10(13)11(9)8-4-2-1-3-5-8;1-6-2-4-7(8)5-3-6/h2-10,15H,11H2,1H3;2-5,9H,6H2,1H3,(H,12,13)(H,14,15);2-5,9H,6H2,1H3;1-7H;2-5,8H,1H3. The Kier molecular flexibility index (Phi) is 19.8. The SMILES string of the molecule is Cc1ccc(O)cc1.Cc1ccc(OC(CC(=O)O)C(=O)O)cc1.Cc1ccc(OC2CC(=O)N(c3ccccc3)C2=O)cc1.Cc1ccc(OC2CC(=O)OC2=O)cc1.O=C1C=CC(=O)N1c1ccccc1. The van der Waals surface area contributed by atoms with Gasteiger partial charge in [0.05, 0.1) is 30.6 Å². The number of cyclic esters (lactones) is 2. The highest BCUT2D eigenvalue weighted by Gasteiger charge is 2.41. The van der Waals surface area contributed by atoms with E-state index in [-0.39, 0.29) is 36.5 Å². The third-order valence-electron chi connectivity index (χ3n) is 10.3. The predicted octanol–water partition coefficient (Wildman–Crippen LogP) is 8.04. The van der Waals surface area contributed by atoms with Gasteiger partial charge in [-0.3, -0.25) is 28.8 Å². The smallest absolute Gasteiger partial charge is 0.355 e. The van der Waals surface area contributed by atoms with Crippen LogP contribution >= 0.6 is 0 Å². The van der Waals surface area contributed by atoms with Crippen molar-refractivity contribution in [1.82, 2.24) is 0 Å². The average Bonchev–Trinajstić information content (AvgIpc) is 3.98. The molecule has 3 N–H and O–H groups in total. The van der Waals surface area contributed by atoms with Gasteiger partial charge in [0, 0.05) is 12.2 Å². The number of rotatable bonds is 11. The van der Waals surface area contributed by atoms with Crippen molar-refractivity contribution in [3.63, 3.8) is 0 Å². The zero-order chi connectivity index (χ0) is 53.0. The number of benzene rings is 6. The average molecular weight is 993 g/mol. The fourth-order valence-electron chi connectivity index (χ4n) is 6.55. The van der Waals surface area contributed by atoms with Crippen LogP contribution in [0.5, 0.6) is 23.0 Å². The molecular weight excluding hydrogens is 941 g/mol. The van der Waals surface area contributed by atoms with Crippen LogP contribution in [0.4, 0.5) is 11.4 Å². The van der Waals surface area contributed by atoms with Crippen LogP contribution in [0.3, 0.4) is 0 Å². The third kappa shape index (κ3) is 17.2. The van der Waals surface area contributed by atoms with Crippen LogP contribution in [0.2, 0.25) is 0 Å². The zero-order valence-electron chi connectivity index (χ0n) is 40.2. The number of aliphatic carboxylic acids is 2. The van der Waals surface area contributed by atoms with E-state index in [1.807, 2.05) is 76.2 Å². The van der Waals surface area contributed by atoms with Crippen molar-refractivity contribution in [1.29, 1.82) is 0 Å². The van der Waals surface area contributed by atoms with Crippen molar-refractivity contribution in [2.75, 3.05) is 9.80 Å². The van der Waals surface area contributed by atoms with Gasteiger partial charge < -0.3 is 34.3 Å². The molecule has 0 radical (unpaired) electrons. The molecule has 17 nitrogen and oxygen atoms in total. The summed E-state index contributed by atoms with van der Waals surface area (Å²) in [5.41, 5.74) is 5.60. The molecule has 3 heterocycles. The minimum atomic E-state index is -1.36. The summed E-state index contributed by atoms with van der Waals surface area (Å²) in [5, 5.41) is 26.0. The number of aromatic hydroxyl groups is 1. The number of para-hydroxylation sites is 2. The van der Waals surface area contributed by atoms with Gasteiger partial charge in [-0.15, -0.1) is 0 Å². The van der Waals surface area contributed by atoms with Crippen molar-refractivity contribution in [3.8, 4) is 23.0 Å². The summed E-state index contributed by atoms with van der Waals surface area (Å²) in [7, 11) is 0. The highest BCUT2D eigenvalue weighted by molar-refractivity contribution is 6.28. The van der Waals surface area contributed by atoms with Gasteiger partial charge in [0.25, 0.3) is 17.7 Å². The molecule has 2 fully saturated rings. The second-order valence-corrected chi connectivity index (χ2v) is 16.3. The fourth-order valence-corrected chi connectivity index (χ4v) is 6.55. The third-order valence-corrected chi connectivity index (χ3v) is 10.3. The molecule has 2 saturated heterocycles. The molecule has 17 heteroatoms. The lowest BCUT2D eigenvalue weighted by Crippen LogP contribution is -2.33. The van der Waals surface area contributed by atoms with Crippen LogP contribution in [-0.4, -0.2) is 81.1 Å². The Balaban J connectivity index is 0.000000174. The van der Waals surface area contributed by atoms with E-state index in [1.54, 1.807) is 109 Å². The van der Waals surface area contributed by atoms with Crippen molar-refractivity contribution >= 4 is 58.9 Å². The number of hydrogen-bond donors (Lipinski definition) is 3. The van der Waals surface area contributed by atoms with Crippen molar-refractivity contribution in [2.24, 2.45) is 0 Å². The first kappa shape index (κ1) is 54.6. The zero-order valence-corrected chi connectivity index (χ0v) is 40.2. The lowest BCUT2D eigenvalue weighted by Gasteiger charge is -2.15. The van der Waals surface area contributed by atoms with Crippen LogP contribution in [0.1, 0.15) is 41.5 Å². The van der Waals surface area contributed by atoms with Gasteiger partial charge in [0.15, 0.2) is 6.10 Å². The van der Waals surface area contributed by atoms with Crippen molar-refractivity contribution in [2.45, 2.75) is 65.3 Å². The molecule has 0 aromatic heterocycles. The maximum absolute atomic E-state index is 12.4. The van der Waals surface area contributed by atoms with E-state index < -0.39 is 48.6 Å². The van der Waals surface area contributed by atoms with E-state index >= 15 is 0 Å². The fraction of sp³-hybridized carbons (Fsp3) is 0.179. The van der Waals surface area contributed by atoms with Crippen LogP contribution in [0, 0.1) is 27.7 Å². The summed E-state index contributed by atoms with van der Waals surface area (Å²) in [4.78, 5) is 92.2. The molecule has 0 saturated carbocycles. The maximum Gasteiger partial charge on any atom is 0.355 e. The lowest BCUT2D eigenvalue weighted by atomic mass is 10.2. The summed E-state index contributed by atoms with van der Waals surface area (Å²) >= 11 is 0. The lowest BCUT2D eigenvalue weighted by molar-refractivity contribution is -0.154. The number of esters is 2. The molecule has 6 aromatic rings. The van der Waals surface area contributed by atoms with Crippen LogP contribution < -0.4 is 24.0 Å². The molecule has 9 rings (SSSR count). The summed E-state index contributed by atoms with van der Waals surface area (Å²) in [6, 6.07) is 46.3. The van der Waals surface area contributed by atoms with Gasteiger partial charge in [-0.25, -0.2) is 19.4 Å². The summed E-state index contributed by atoms with van der Waals surface area (Å²) in [6.07, 6.45) is -0.858. The van der Waals surface area contributed by atoms with Crippen LogP contribution in [0.25, 0.3) is 0 Å². The Morgan fingerprint density at radius 1 is 0.548 bits per heavy atom. The van der Waals surface area contributed by atoms with Crippen LogP contribution in [-0.2, 0) is 43.1 Å². The van der Waals surface area contributed by atoms with Gasteiger partial charge in [0.1, 0.15) is 23.0 Å². The Morgan fingerprint density at radius 3 is 1.36 bits per heavy atom. The second kappa shape index (κ2) is 26.6. The van der Waals surface area contributed by atoms with E-state index in [4.69, 9.17) is 29.5 Å². The Hall–Kier alpha value is -9.38. The Morgan fingerprint density at radius 2 is 0.959 bits per heavy atom. The topological polar surface area (TPSA) is 241 Å². The number of carbonyl (C=O) groups excluding carboxylic acids is 6. The molecule has 376 valence electrons. The van der Waals surface area contributed by atoms with E-state index in [1.165, 1.54) is 22.6 Å². The maximum atomic E-state index is 12.4. The first-order valence-electron chi connectivity index (χ1n) is 22.5. The van der Waals surface area contributed by atoms with Gasteiger partial charge in [0.2, 0.25) is 18.1 Å². The quantitative estimate of drug-likeness (QED) is 0.0632. The molecule has 73 heavy (non-hydrogen) atoms. The Labute approximate surface area is 420 Å². The molecule has 3 unspecified atom stereocenters. The monoisotopic (exact) mass is 992 g/mol. The molecule has 6 aromatic carbocycles. The van der Waals surface area contributed by atoms with E-state index in [2.05, 4.69) is 4.74 Å². The number of nitrogens with zero attached hydrogens (tertiary/aromatic N) is 2. The molecule has 3 aliphatic rings. The minimum absolute atomic E-state index is 0.00723. The summed E-state index contributed by atoms with van der Waals surface area (Å²) in [6.45, 7) is 7.80. The van der Waals surface area contributed by atoms with Crippen molar-refractivity contribution in [3.05, 3.63) is 192 Å². The number of carboxylic acid groups (broad SMARTS) is 2. The van der Waals surface area contributed by atoms with Gasteiger partial charge in [-0.1, -0.05) is 107 Å². The molecule has 3 atom stereocenters. The molecule has 3 aliphatic heterocycles. The van der Waals surface area contributed by atoms with Gasteiger partial charge >= 0.3 is 23.9 Å². The van der Waals surface area contributed by atoms with Gasteiger partial charge in [-0.2, -0.15) is 0 Å². The summed E-state index contributed by atoms with van der Waals surface area (Å²) in [5.74, 6) is -2.91. The number of ether oxygens (including phenoxy) is 4. The van der Waals surface area contributed by atoms with Gasteiger partial charge in [-0.05, 0) is 100 Å². The number of amides is 4. The number of carboxylic acids is 2. The largest absolute Gasteiger partial charge is 0.508 e. The molecule has 0 aliphatic carbocycles. The van der Waals surface area contributed by atoms with E-state index in [9.17, 15) is 38.4 Å². The molecule has 0 bridgehead atoms. The number of imide groups is 2. The Bertz CT molecular complexity index is 2850. The second-order valence-electron chi connectivity index (χ2n) is 16.3. The summed E-state index contributed by atoms with van der Waals surface area (Å²) < 4.78 is 20.4. The number of phenols is 1. The number of carbonyl (C=O) groups is 8. The number of hydrogen-bond acceptors (Lipinski definition) is 13. The minimum Gasteiger partial charge on any atom is -0.508 e. The molecular formula is C56H52N2O15. The number of aryl methyl sites for hydroxylation is 4. The number of anilines is 2. The predicted molar refractivity (Wildman–Crippen MR) is 267 cm³/mol.